The lowest BCUT2D eigenvalue weighted by Gasteiger charge is -2.35. The summed E-state index contributed by atoms with van der Waals surface area (Å²) in [4.78, 5) is 1.83. The summed E-state index contributed by atoms with van der Waals surface area (Å²) < 4.78 is 44.1. The fourth-order valence-corrected chi connectivity index (χ4v) is 2.68. The largest absolute Gasteiger partial charge is 0.504 e. The molecule has 4 nitrogen and oxygen atoms in total. The van der Waals surface area contributed by atoms with Crippen molar-refractivity contribution in [1.82, 2.24) is 10.2 Å². The van der Waals surface area contributed by atoms with Crippen molar-refractivity contribution in [2.45, 2.75) is 25.6 Å². The maximum absolute atomic E-state index is 13.0. The molecule has 2 N–H and O–H groups in total. The smallest absolute Gasteiger partial charge is 0.390 e. The quantitative estimate of drug-likeness (QED) is 0.806. The van der Waals surface area contributed by atoms with E-state index in [1.54, 1.807) is 6.92 Å². The monoisotopic (exact) mass is 390 g/mol. The van der Waals surface area contributed by atoms with E-state index in [0.717, 1.165) is 0 Å². The highest BCUT2D eigenvalue weighted by Crippen LogP contribution is 2.37. The molecule has 0 unspecified atom stereocenters. The van der Waals surface area contributed by atoms with Gasteiger partial charge in [0.2, 0.25) is 0 Å². The van der Waals surface area contributed by atoms with Crippen LogP contribution in [0.1, 0.15) is 24.9 Å². The minimum absolute atomic E-state index is 0. The third-order valence-corrected chi connectivity index (χ3v) is 3.69. The SMILES string of the molecule is CCOc1cc([C@@H](CC(F)(F)F)N2CCNCC2)ccc1O.Cl.Cl. The molecule has 0 radical (unpaired) electrons. The number of nitrogens with one attached hydrogen (secondary N) is 1. The molecule has 1 saturated heterocycles. The summed E-state index contributed by atoms with van der Waals surface area (Å²) in [5.41, 5.74) is 0.514. The Bertz CT molecular complexity index is 498. The van der Waals surface area contributed by atoms with Crippen LogP contribution in [0.5, 0.6) is 11.5 Å². The van der Waals surface area contributed by atoms with Gasteiger partial charge < -0.3 is 15.2 Å². The number of hydrogen-bond donors (Lipinski definition) is 2. The lowest BCUT2D eigenvalue weighted by molar-refractivity contribution is -0.148. The van der Waals surface area contributed by atoms with Gasteiger partial charge in [-0.05, 0) is 24.6 Å². The number of piperazine rings is 1. The molecule has 0 amide bonds. The molecule has 9 heteroatoms. The molecule has 1 aromatic carbocycles. The number of hydrogen-bond acceptors (Lipinski definition) is 4. The minimum atomic E-state index is -4.25. The van der Waals surface area contributed by atoms with Crippen molar-refractivity contribution in [3.63, 3.8) is 0 Å². The van der Waals surface area contributed by atoms with Gasteiger partial charge in [-0.1, -0.05) is 6.07 Å². The van der Waals surface area contributed by atoms with Crippen LogP contribution in [0.2, 0.25) is 0 Å². The van der Waals surface area contributed by atoms with Crippen molar-refractivity contribution in [3.8, 4) is 11.5 Å². The molecule has 1 aliphatic heterocycles. The van der Waals surface area contributed by atoms with Gasteiger partial charge in [0.25, 0.3) is 0 Å². The average molecular weight is 391 g/mol. The van der Waals surface area contributed by atoms with Gasteiger partial charge in [0.15, 0.2) is 11.5 Å². The van der Waals surface area contributed by atoms with E-state index in [1.165, 1.54) is 18.2 Å². The number of rotatable bonds is 5. The molecule has 0 bridgehead atoms. The van der Waals surface area contributed by atoms with Crippen LogP contribution in [0.4, 0.5) is 13.2 Å². The Morgan fingerprint density at radius 1 is 1.25 bits per heavy atom. The van der Waals surface area contributed by atoms with Crippen LogP contribution in [-0.4, -0.2) is 49.0 Å². The third-order valence-electron chi connectivity index (χ3n) is 3.69. The van der Waals surface area contributed by atoms with Crippen LogP contribution in [0.25, 0.3) is 0 Å². The van der Waals surface area contributed by atoms with E-state index in [-0.39, 0.29) is 36.3 Å². The predicted octanol–water partition coefficient (Wildman–Crippen LogP) is 3.53. The van der Waals surface area contributed by atoms with E-state index in [4.69, 9.17) is 4.74 Å². The number of nitrogens with zero attached hydrogens (tertiary/aromatic N) is 1. The van der Waals surface area contributed by atoms with Gasteiger partial charge in [-0.15, -0.1) is 24.8 Å². The van der Waals surface area contributed by atoms with Crippen molar-refractivity contribution in [3.05, 3.63) is 23.8 Å². The Morgan fingerprint density at radius 3 is 2.42 bits per heavy atom. The highest BCUT2D eigenvalue weighted by atomic mass is 35.5. The molecule has 24 heavy (non-hydrogen) atoms. The van der Waals surface area contributed by atoms with Crippen molar-refractivity contribution in [2.75, 3.05) is 32.8 Å². The molecule has 0 saturated carbocycles. The number of benzene rings is 1. The fraction of sp³-hybridized carbons (Fsp3) is 0.600. The molecule has 2 rings (SSSR count). The Kier molecular flexibility index (Phi) is 9.80. The Morgan fingerprint density at radius 2 is 1.88 bits per heavy atom. The van der Waals surface area contributed by atoms with E-state index < -0.39 is 18.6 Å². The fourth-order valence-electron chi connectivity index (χ4n) is 2.68. The second kappa shape index (κ2) is 10.2. The first kappa shape index (κ1) is 23.1. The van der Waals surface area contributed by atoms with Crippen LogP contribution < -0.4 is 10.1 Å². The molecular weight excluding hydrogens is 368 g/mol. The Hall–Kier alpha value is -0.890. The van der Waals surface area contributed by atoms with Crippen LogP contribution in [0, 0.1) is 0 Å². The van der Waals surface area contributed by atoms with Crippen LogP contribution in [0.3, 0.4) is 0 Å². The lowest BCUT2D eigenvalue weighted by atomic mass is 10.00. The summed E-state index contributed by atoms with van der Waals surface area (Å²) in [7, 11) is 0. The molecule has 1 aromatic rings. The molecule has 140 valence electrons. The number of phenols is 1. The maximum atomic E-state index is 13.0. The van der Waals surface area contributed by atoms with Crippen LogP contribution in [0.15, 0.2) is 18.2 Å². The average Bonchev–Trinajstić information content (AvgIpc) is 2.47. The zero-order valence-electron chi connectivity index (χ0n) is 13.3. The first-order chi connectivity index (χ1) is 10.4. The zero-order valence-corrected chi connectivity index (χ0v) is 14.9. The molecule has 1 atom stereocenters. The summed E-state index contributed by atoms with van der Waals surface area (Å²) in [6, 6.07) is 3.68. The Balaban J connectivity index is 0.00000264. The second-order valence-electron chi connectivity index (χ2n) is 5.28. The number of alkyl halides is 3. The van der Waals surface area contributed by atoms with Crippen molar-refractivity contribution < 1.29 is 23.0 Å². The van der Waals surface area contributed by atoms with Crippen molar-refractivity contribution >= 4 is 24.8 Å². The number of halogens is 5. The summed E-state index contributed by atoms with van der Waals surface area (Å²) in [6.45, 7) is 4.57. The van der Waals surface area contributed by atoms with Gasteiger partial charge >= 0.3 is 6.18 Å². The third kappa shape index (κ3) is 6.55. The Labute approximate surface area is 152 Å². The van der Waals surface area contributed by atoms with Gasteiger partial charge in [-0.3, -0.25) is 4.90 Å². The minimum Gasteiger partial charge on any atom is -0.504 e. The predicted molar refractivity (Wildman–Crippen MR) is 91.6 cm³/mol. The van der Waals surface area contributed by atoms with E-state index in [1.807, 2.05) is 4.90 Å². The van der Waals surface area contributed by atoms with E-state index >= 15 is 0 Å². The molecule has 1 heterocycles. The highest BCUT2D eigenvalue weighted by Gasteiger charge is 2.36. The summed E-state index contributed by atoms with van der Waals surface area (Å²) in [5.74, 6) is 0.166. The maximum Gasteiger partial charge on any atom is 0.390 e. The lowest BCUT2D eigenvalue weighted by Crippen LogP contribution is -2.46. The van der Waals surface area contributed by atoms with Gasteiger partial charge in [0.05, 0.1) is 13.0 Å². The zero-order chi connectivity index (χ0) is 16.2. The van der Waals surface area contributed by atoms with E-state index in [9.17, 15) is 18.3 Å². The topological polar surface area (TPSA) is 44.7 Å². The second-order valence-corrected chi connectivity index (χ2v) is 5.28. The van der Waals surface area contributed by atoms with Gasteiger partial charge in [-0.2, -0.15) is 13.2 Å². The molecule has 0 aromatic heterocycles. The number of ether oxygens (including phenoxy) is 1. The first-order valence-corrected chi connectivity index (χ1v) is 7.38. The van der Waals surface area contributed by atoms with Crippen LogP contribution >= 0.6 is 24.8 Å². The van der Waals surface area contributed by atoms with Crippen LogP contribution in [-0.2, 0) is 0 Å². The summed E-state index contributed by atoms with van der Waals surface area (Å²) in [5, 5.41) is 12.9. The summed E-state index contributed by atoms with van der Waals surface area (Å²) in [6.07, 6.45) is -5.16. The van der Waals surface area contributed by atoms with Crippen molar-refractivity contribution in [2.24, 2.45) is 0 Å². The highest BCUT2D eigenvalue weighted by molar-refractivity contribution is 5.85. The number of aromatic hydroxyl groups is 1. The normalized spacial score (nSPS) is 16.7. The first-order valence-electron chi connectivity index (χ1n) is 7.38. The molecular formula is C15H23Cl2F3N2O2. The number of phenolic OH excluding ortho intramolecular Hbond substituents is 1. The molecule has 0 aliphatic carbocycles. The van der Waals surface area contributed by atoms with Gasteiger partial charge in [-0.25, -0.2) is 0 Å². The summed E-state index contributed by atoms with van der Waals surface area (Å²) >= 11 is 0. The standard InChI is InChI=1S/C15H21F3N2O2.2ClH/c1-2-22-14-9-11(3-4-13(14)21)12(10-15(16,17)18)20-7-5-19-6-8-20;;/h3-4,9,12,19,21H,2,5-8,10H2,1H3;2*1H/t12-;;/m1../s1. The molecule has 1 aliphatic rings. The van der Waals surface area contributed by atoms with Gasteiger partial charge in [0, 0.05) is 32.2 Å². The molecule has 0 spiro atoms. The van der Waals surface area contributed by atoms with E-state index in [0.29, 0.717) is 38.3 Å². The van der Waals surface area contributed by atoms with Gasteiger partial charge in [0.1, 0.15) is 0 Å². The van der Waals surface area contributed by atoms with E-state index in [2.05, 4.69) is 5.32 Å². The molecule has 1 fully saturated rings. The van der Waals surface area contributed by atoms with Crippen molar-refractivity contribution in [1.29, 1.82) is 0 Å².